The molecule has 19 heavy (non-hydrogen) atoms. The van der Waals surface area contributed by atoms with E-state index in [2.05, 4.69) is 6.92 Å². The molecule has 2 heterocycles. The normalized spacial score (nSPS) is 25.9. The second-order valence-corrected chi connectivity index (χ2v) is 5.25. The summed E-state index contributed by atoms with van der Waals surface area (Å²) in [5.74, 6) is 1.77. The largest absolute Gasteiger partial charge is 0.489 e. The summed E-state index contributed by atoms with van der Waals surface area (Å²) in [5.41, 5.74) is 0.642. The molecule has 0 saturated carbocycles. The summed E-state index contributed by atoms with van der Waals surface area (Å²) in [6, 6.07) is 5.38. The van der Waals surface area contributed by atoms with Gasteiger partial charge in [0, 0.05) is 18.1 Å². The molecule has 0 aromatic heterocycles. The van der Waals surface area contributed by atoms with E-state index < -0.39 is 0 Å². The molecule has 1 aromatic carbocycles. The highest BCUT2D eigenvalue weighted by atomic mass is 16.5. The van der Waals surface area contributed by atoms with E-state index in [-0.39, 0.29) is 11.9 Å². The molecular weight excluding hydrogens is 244 g/mol. The van der Waals surface area contributed by atoms with Crippen molar-refractivity contribution in [2.75, 3.05) is 19.8 Å². The Kier molecular flexibility index (Phi) is 3.42. The van der Waals surface area contributed by atoms with Crippen LogP contribution in [-0.4, -0.2) is 31.7 Å². The molecule has 1 saturated heterocycles. The van der Waals surface area contributed by atoms with Crippen LogP contribution in [0.15, 0.2) is 18.2 Å². The van der Waals surface area contributed by atoms with Crippen LogP contribution in [-0.2, 0) is 4.74 Å². The maximum Gasteiger partial charge on any atom is 0.191 e. The van der Waals surface area contributed by atoms with Gasteiger partial charge in [0.15, 0.2) is 17.3 Å². The minimum Gasteiger partial charge on any atom is -0.489 e. The van der Waals surface area contributed by atoms with Crippen LogP contribution in [0.5, 0.6) is 11.5 Å². The number of hydrogen-bond acceptors (Lipinski definition) is 4. The van der Waals surface area contributed by atoms with E-state index in [1.165, 1.54) is 0 Å². The maximum absolute atomic E-state index is 12.3. The van der Waals surface area contributed by atoms with E-state index in [0.29, 0.717) is 42.8 Å². The molecule has 0 spiro atoms. The molecule has 102 valence electrons. The average molecular weight is 262 g/mol. The molecule has 2 aliphatic rings. The van der Waals surface area contributed by atoms with Gasteiger partial charge in [-0.15, -0.1) is 0 Å². The molecule has 2 atom stereocenters. The number of rotatable bonds is 2. The third-order valence-electron chi connectivity index (χ3n) is 3.50. The first-order valence-electron chi connectivity index (χ1n) is 6.79. The van der Waals surface area contributed by atoms with E-state index >= 15 is 0 Å². The monoisotopic (exact) mass is 262 g/mol. The zero-order valence-corrected chi connectivity index (χ0v) is 11.1. The van der Waals surface area contributed by atoms with Gasteiger partial charge in [-0.25, -0.2) is 0 Å². The van der Waals surface area contributed by atoms with Gasteiger partial charge < -0.3 is 14.2 Å². The summed E-state index contributed by atoms with van der Waals surface area (Å²) >= 11 is 0. The number of carbonyl (C=O) groups is 1. The summed E-state index contributed by atoms with van der Waals surface area (Å²) in [7, 11) is 0. The Bertz CT molecular complexity index is 477. The molecule has 4 nitrogen and oxygen atoms in total. The van der Waals surface area contributed by atoms with Gasteiger partial charge in [0.25, 0.3) is 0 Å². The van der Waals surface area contributed by atoms with E-state index in [0.717, 1.165) is 12.8 Å². The van der Waals surface area contributed by atoms with Crippen molar-refractivity contribution >= 4 is 5.78 Å². The van der Waals surface area contributed by atoms with Gasteiger partial charge in [-0.2, -0.15) is 0 Å². The van der Waals surface area contributed by atoms with Gasteiger partial charge in [-0.1, -0.05) is 6.92 Å². The molecule has 3 rings (SSSR count). The van der Waals surface area contributed by atoms with Crippen molar-refractivity contribution in [3.63, 3.8) is 0 Å². The number of carbonyl (C=O) groups excluding carboxylic acids is 1. The zero-order chi connectivity index (χ0) is 13.2. The van der Waals surface area contributed by atoms with Crippen LogP contribution in [0.1, 0.15) is 30.1 Å². The molecule has 0 N–H and O–H groups in total. The average Bonchev–Trinajstić information content (AvgIpc) is 2.90. The van der Waals surface area contributed by atoms with E-state index in [1.807, 2.05) is 6.07 Å². The van der Waals surface area contributed by atoms with Crippen LogP contribution in [0.4, 0.5) is 0 Å². The van der Waals surface area contributed by atoms with Crippen LogP contribution in [0.25, 0.3) is 0 Å². The Labute approximate surface area is 112 Å². The number of Topliss-reactive ketones (excluding diaryl/α,β-unsaturated/α-hetero) is 1. The van der Waals surface area contributed by atoms with Gasteiger partial charge in [0.2, 0.25) is 0 Å². The Morgan fingerprint density at radius 1 is 1.21 bits per heavy atom. The fourth-order valence-corrected chi connectivity index (χ4v) is 2.38. The number of hydrogen-bond donors (Lipinski definition) is 0. The van der Waals surface area contributed by atoms with Crippen LogP contribution in [0, 0.1) is 5.92 Å². The van der Waals surface area contributed by atoms with Crippen LogP contribution >= 0.6 is 0 Å². The molecule has 0 radical (unpaired) electrons. The van der Waals surface area contributed by atoms with E-state index in [9.17, 15) is 4.79 Å². The molecule has 0 aliphatic carbocycles. The minimum atomic E-state index is -0.288. The summed E-state index contributed by atoms with van der Waals surface area (Å²) < 4.78 is 16.8. The molecule has 0 amide bonds. The van der Waals surface area contributed by atoms with Gasteiger partial charge in [-0.05, 0) is 31.0 Å². The van der Waals surface area contributed by atoms with Gasteiger partial charge >= 0.3 is 0 Å². The summed E-state index contributed by atoms with van der Waals surface area (Å²) in [4.78, 5) is 12.3. The van der Waals surface area contributed by atoms with Crippen molar-refractivity contribution in [1.29, 1.82) is 0 Å². The van der Waals surface area contributed by atoms with E-state index in [1.54, 1.807) is 12.1 Å². The highest BCUT2D eigenvalue weighted by molar-refractivity contribution is 6.00. The first-order chi connectivity index (χ1) is 9.24. The lowest BCUT2D eigenvalue weighted by Crippen LogP contribution is -2.19. The fourth-order valence-electron chi connectivity index (χ4n) is 2.38. The lowest BCUT2D eigenvalue weighted by molar-refractivity contribution is 0.0642. The van der Waals surface area contributed by atoms with Crippen LogP contribution in [0.3, 0.4) is 0 Å². The first kappa shape index (κ1) is 12.5. The van der Waals surface area contributed by atoms with E-state index in [4.69, 9.17) is 14.2 Å². The van der Waals surface area contributed by atoms with Crippen molar-refractivity contribution in [3.05, 3.63) is 23.8 Å². The Morgan fingerprint density at radius 3 is 2.74 bits per heavy atom. The minimum absolute atomic E-state index is 0.0428. The highest BCUT2D eigenvalue weighted by Crippen LogP contribution is 2.32. The van der Waals surface area contributed by atoms with Crippen molar-refractivity contribution in [3.8, 4) is 11.5 Å². The Morgan fingerprint density at radius 2 is 2.00 bits per heavy atom. The zero-order valence-electron chi connectivity index (χ0n) is 11.1. The second-order valence-electron chi connectivity index (χ2n) is 5.25. The third kappa shape index (κ3) is 2.59. The van der Waals surface area contributed by atoms with Crippen molar-refractivity contribution < 1.29 is 19.0 Å². The van der Waals surface area contributed by atoms with Crippen LogP contribution in [0.2, 0.25) is 0 Å². The lowest BCUT2D eigenvalue weighted by atomic mass is 10.0. The van der Waals surface area contributed by atoms with Gasteiger partial charge in [0.05, 0.1) is 13.2 Å². The Hall–Kier alpha value is -1.55. The quantitative estimate of drug-likeness (QED) is 0.768. The Balaban J connectivity index is 1.82. The molecule has 4 heteroatoms. The number of benzene rings is 1. The van der Waals surface area contributed by atoms with Crippen molar-refractivity contribution in [2.45, 2.75) is 25.9 Å². The second kappa shape index (κ2) is 5.21. The topological polar surface area (TPSA) is 44.8 Å². The third-order valence-corrected chi connectivity index (χ3v) is 3.50. The van der Waals surface area contributed by atoms with Crippen LogP contribution < -0.4 is 9.47 Å². The van der Waals surface area contributed by atoms with Crippen molar-refractivity contribution in [2.24, 2.45) is 5.92 Å². The number of ether oxygens (including phenoxy) is 3. The summed E-state index contributed by atoms with van der Waals surface area (Å²) in [6.45, 7) is 4.01. The summed E-state index contributed by atoms with van der Waals surface area (Å²) in [5, 5.41) is 0. The number of fused-ring (bicyclic) bond motifs is 1. The number of ketones is 1. The highest BCUT2D eigenvalue weighted by Gasteiger charge is 2.26. The van der Waals surface area contributed by atoms with Gasteiger partial charge in [-0.3, -0.25) is 4.79 Å². The maximum atomic E-state index is 12.3. The molecule has 0 bridgehead atoms. The lowest BCUT2D eigenvalue weighted by Gasteiger charge is -2.11. The van der Waals surface area contributed by atoms with Gasteiger partial charge in [0.1, 0.15) is 6.10 Å². The molecule has 2 unspecified atom stereocenters. The fraction of sp³-hybridized carbons (Fsp3) is 0.533. The molecular formula is C15H18O4. The SMILES string of the molecule is CC1COc2ccc(C(=O)C3CCCO3)cc2OC1. The standard InChI is InChI=1S/C15H18O4/c1-10-8-18-12-5-4-11(7-14(12)19-9-10)15(16)13-3-2-6-17-13/h4-5,7,10,13H,2-3,6,8-9H2,1H3. The van der Waals surface area contributed by atoms with Crippen molar-refractivity contribution in [1.82, 2.24) is 0 Å². The predicted molar refractivity (Wildman–Crippen MR) is 69.9 cm³/mol. The molecule has 1 aromatic rings. The summed E-state index contributed by atoms with van der Waals surface area (Å²) in [6.07, 6.45) is 1.48. The smallest absolute Gasteiger partial charge is 0.191 e. The molecule has 2 aliphatic heterocycles. The molecule has 1 fully saturated rings. The predicted octanol–water partition coefficient (Wildman–Crippen LogP) is 2.46. The first-order valence-corrected chi connectivity index (χ1v) is 6.79.